The van der Waals surface area contributed by atoms with E-state index in [4.69, 9.17) is 10.5 Å². The summed E-state index contributed by atoms with van der Waals surface area (Å²) in [5.41, 5.74) is 6.44. The number of anilines is 2. The highest BCUT2D eigenvalue weighted by molar-refractivity contribution is 7.91. The van der Waals surface area contributed by atoms with Gasteiger partial charge in [-0.3, -0.25) is 4.79 Å². The van der Waals surface area contributed by atoms with Crippen LogP contribution in [0.25, 0.3) is 10.9 Å². The molecule has 0 spiro atoms. The Morgan fingerprint density at radius 3 is 2.50 bits per heavy atom. The van der Waals surface area contributed by atoms with Crippen LogP contribution in [0.1, 0.15) is 18.5 Å². The third kappa shape index (κ3) is 8.10. The van der Waals surface area contributed by atoms with Gasteiger partial charge in [0.25, 0.3) is 5.91 Å². The van der Waals surface area contributed by atoms with Crippen LogP contribution in [0.15, 0.2) is 47.4 Å². The second-order valence-corrected chi connectivity index (χ2v) is 14.2. The van der Waals surface area contributed by atoms with Crippen molar-refractivity contribution in [2.45, 2.75) is 36.5 Å². The number of ether oxygens (including phenoxy) is 1. The van der Waals surface area contributed by atoms with Gasteiger partial charge in [0.05, 0.1) is 39.8 Å². The molecule has 0 radical (unpaired) electrons. The predicted octanol–water partition coefficient (Wildman–Crippen LogP) is 2.92. The summed E-state index contributed by atoms with van der Waals surface area (Å²) in [6.45, 7) is -1.82. The van der Waals surface area contributed by atoms with Crippen molar-refractivity contribution >= 4 is 47.9 Å². The number of halogens is 3. The number of fused-ring (bicyclic) bond motifs is 1. The summed E-state index contributed by atoms with van der Waals surface area (Å²) in [5.74, 6) is 4.92. The molecule has 1 amide bonds. The third-order valence-electron chi connectivity index (χ3n) is 6.53. The van der Waals surface area contributed by atoms with E-state index in [1.165, 1.54) is 18.2 Å². The van der Waals surface area contributed by atoms with E-state index in [9.17, 15) is 34.8 Å². The summed E-state index contributed by atoms with van der Waals surface area (Å²) in [7, 11) is -6.64. The molecule has 1 saturated heterocycles. The summed E-state index contributed by atoms with van der Waals surface area (Å²) in [5, 5.41) is 6.73. The molecule has 226 valence electrons. The van der Waals surface area contributed by atoms with Gasteiger partial charge in [-0.05, 0) is 49.1 Å². The summed E-state index contributed by atoms with van der Waals surface area (Å²) in [6.07, 6.45) is -2.71. The number of benzene rings is 2. The Labute approximate surface area is 241 Å². The first-order chi connectivity index (χ1) is 19.6. The number of carbonyl (C=O) groups excluding carboxylic acids is 1. The van der Waals surface area contributed by atoms with E-state index < -0.39 is 44.9 Å². The maximum atomic E-state index is 13.5. The van der Waals surface area contributed by atoms with Crippen molar-refractivity contribution in [3.63, 3.8) is 0 Å². The van der Waals surface area contributed by atoms with Gasteiger partial charge in [-0.2, -0.15) is 13.2 Å². The Morgan fingerprint density at radius 1 is 1.14 bits per heavy atom. The lowest BCUT2D eigenvalue weighted by atomic mass is 10.1. The fourth-order valence-corrected chi connectivity index (χ4v) is 6.67. The normalized spacial score (nSPS) is 15.5. The van der Waals surface area contributed by atoms with Crippen LogP contribution >= 0.6 is 0 Å². The summed E-state index contributed by atoms with van der Waals surface area (Å²) < 4.78 is 94.4. The van der Waals surface area contributed by atoms with E-state index in [-0.39, 0.29) is 40.4 Å². The largest absolute Gasteiger partial charge is 0.482 e. The minimum absolute atomic E-state index is 0.0379. The molecule has 10 nitrogen and oxygen atoms in total. The van der Waals surface area contributed by atoms with Crippen molar-refractivity contribution < 1.29 is 39.5 Å². The van der Waals surface area contributed by atoms with Gasteiger partial charge in [-0.15, -0.1) is 0 Å². The van der Waals surface area contributed by atoms with Crippen molar-refractivity contribution in [1.82, 2.24) is 4.57 Å². The van der Waals surface area contributed by atoms with E-state index in [1.807, 2.05) is 0 Å². The first kappa shape index (κ1) is 31.0. The topological polar surface area (TPSA) is 150 Å². The minimum Gasteiger partial charge on any atom is -0.482 e. The Morgan fingerprint density at radius 2 is 1.86 bits per heavy atom. The Kier molecular flexibility index (Phi) is 8.98. The second kappa shape index (κ2) is 12.1. The third-order valence-corrected chi connectivity index (χ3v) is 9.36. The molecule has 2 aromatic carbocycles. The molecule has 2 heterocycles. The molecule has 0 aliphatic carbocycles. The number of hydrogen-bond donors (Lipinski definition) is 3. The maximum Gasteiger partial charge on any atom is 0.406 e. The van der Waals surface area contributed by atoms with E-state index in [0.717, 1.165) is 10.8 Å². The lowest BCUT2D eigenvalue weighted by Gasteiger charge is -2.24. The lowest BCUT2D eigenvalue weighted by molar-refractivity contribution is -0.140. The van der Waals surface area contributed by atoms with Crippen LogP contribution in [0, 0.1) is 11.8 Å². The number of amides is 1. The average molecular weight is 627 g/mol. The molecule has 1 fully saturated rings. The first-order valence-electron chi connectivity index (χ1n) is 12.8. The molecule has 15 heteroatoms. The fraction of sp³-hybridized carbons (Fsp3) is 0.370. The number of sulfone groups is 2. The van der Waals surface area contributed by atoms with Gasteiger partial charge in [-0.1, -0.05) is 12.0 Å². The number of primary amides is 1. The zero-order valence-corrected chi connectivity index (χ0v) is 24.1. The maximum absolute atomic E-state index is 13.5. The van der Waals surface area contributed by atoms with Gasteiger partial charge in [0, 0.05) is 29.4 Å². The molecular weight excluding hydrogens is 597 g/mol. The second-order valence-electron chi connectivity index (χ2n) is 9.88. The zero-order valence-electron chi connectivity index (χ0n) is 22.5. The number of aromatic nitrogens is 1. The molecule has 0 atom stereocenters. The van der Waals surface area contributed by atoms with Crippen molar-refractivity contribution in [2.24, 2.45) is 5.73 Å². The molecular formula is C27H29F3N4O6S2. The molecule has 0 unspecified atom stereocenters. The zero-order chi connectivity index (χ0) is 30.7. The molecule has 1 aliphatic rings. The van der Waals surface area contributed by atoms with Crippen molar-refractivity contribution in [2.75, 3.05) is 41.5 Å². The van der Waals surface area contributed by atoms with Crippen molar-refractivity contribution in [1.29, 1.82) is 0 Å². The Bertz CT molecular complexity index is 1760. The van der Waals surface area contributed by atoms with E-state index in [0.29, 0.717) is 35.1 Å². The van der Waals surface area contributed by atoms with Gasteiger partial charge in [-0.25, -0.2) is 16.8 Å². The highest BCUT2D eigenvalue weighted by atomic mass is 32.2. The number of carbonyl (C=O) groups is 1. The van der Waals surface area contributed by atoms with Gasteiger partial charge in [0.1, 0.15) is 22.1 Å². The number of alkyl halides is 3. The van der Waals surface area contributed by atoms with Crippen molar-refractivity contribution in [3.05, 3.63) is 48.2 Å². The van der Waals surface area contributed by atoms with E-state index in [1.54, 1.807) is 24.3 Å². The average Bonchev–Trinajstić information content (AvgIpc) is 3.23. The smallest absolute Gasteiger partial charge is 0.406 e. The van der Waals surface area contributed by atoms with Crippen molar-refractivity contribution in [3.8, 4) is 17.6 Å². The Balaban J connectivity index is 1.60. The number of nitrogens with zero attached hydrogens (tertiary/aromatic N) is 1. The van der Waals surface area contributed by atoms with Crippen LogP contribution in [0.5, 0.6) is 5.75 Å². The van der Waals surface area contributed by atoms with Crippen LogP contribution in [0.2, 0.25) is 0 Å². The molecule has 1 aliphatic heterocycles. The number of rotatable bonds is 9. The van der Waals surface area contributed by atoms with Crippen LogP contribution in [-0.4, -0.2) is 70.4 Å². The molecule has 4 rings (SSSR count). The number of hydrogen-bond acceptors (Lipinski definition) is 8. The first-order valence-corrected chi connectivity index (χ1v) is 16.5. The quantitative estimate of drug-likeness (QED) is 0.307. The minimum atomic E-state index is -4.52. The number of nitrogens with one attached hydrogen (secondary N) is 2. The highest BCUT2D eigenvalue weighted by Gasteiger charge is 2.30. The van der Waals surface area contributed by atoms with Crippen LogP contribution in [0.3, 0.4) is 0 Å². The lowest BCUT2D eigenvalue weighted by Crippen LogP contribution is -2.32. The monoisotopic (exact) mass is 626 g/mol. The van der Waals surface area contributed by atoms with Gasteiger partial charge in [0.15, 0.2) is 16.4 Å². The van der Waals surface area contributed by atoms with Crippen LogP contribution < -0.4 is 21.1 Å². The van der Waals surface area contributed by atoms with Crippen LogP contribution in [-0.2, 0) is 31.0 Å². The molecule has 0 bridgehead atoms. The predicted molar refractivity (Wildman–Crippen MR) is 153 cm³/mol. The molecule has 4 N–H and O–H groups in total. The molecule has 0 saturated carbocycles. The molecule has 3 aromatic rings. The van der Waals surface area contributed by atoms with Crippen LogP contribution in [0.4, 0.5) is 24.5 Å². The SMILES string of the molecule is CS(=O)(=O)c1ccc(NCC#Cc2cc3c(NC4CCS(=O)(=O)CC4)cccc3n2CC(F)(F)F)c(OCC(N)=O)c1. The van der Waals surface area contributed by atoms with Gasteiger partial charge in [0.2, 0.25) is 0 Å². The summed E-state index contributed by atoms with van der Waals surface area (Å²) in [6, 6.07) is 10.3. The molecule has 42 heavy (non-hydrogen) atoms. The Hall–Kier alpha value is -3.90. The highest BCUT2D eigenvalue weighted by Crippen LogP contribution is 2.32. The fourth-order valence-electron chi connectivity index (χ4n) is 4.54. The molecule has 1 aromatic heterocycles. The summed E-state index contributed by atoms with van der Waals surface area (Å²) >= 11 is 0. The van der Waals surface area contributed by atoms with E-state index in [2.05, 4.69) is 22.5 Å². The van der Waals surface area contributed by atoms with Gasteiger partial charge < -0.3 is 25.7 Å². The number of nitrogens with two attached hydrogens (primary N) is 1. The summed E-state index contributed by atoms with van der Waals surface area (Å²) in [4.78, 5) is 11.1. The van der Waals surface area contributed by atoms with E-state index >= 15 is 0 Å². The standard InChI is InChI=1S/C27H29F3N4O6S2/c1-41(36,37)20-7-8-23(25(15-20)40-16-26(31)35)32-11-3-4-19-14-21-22(33-18-9-12-42(38,39)13-10-18)5-2-6-24(21)34(19)17-27(28,29)30/h2,5-8,14-15,18,32-33H,9-13,16-17H2,1H3,(H2,31,35). The van der Waals surface area contributed by atoms with Gasteiger partial charge >= 0.3 is 6.18 Å².